The first-order chi connectivity index (χ1) is 5.74. The molecule has 1 heterocycles. The molecule has 0 aliphatic heterocycles. The number of anilines is 2. The zero-order chi connectivity index (χ0) is 8.97. The summed E-state index contributed by atoms with van der Waals surface area (Å²) in [7, 11) is 0. The smallest absolute Gasteiger partial charge is 0.127 e. The van der Waals surface area contributed by atoms with Gasteiger partial charge in [0.05, 0.1) is 0 Å². The summed E-state index contributed by atoms with van der Waals surface area (Å²) >= 11 is 0. The Labute approximate surface area is 73.0 Å². The first-order valence-corrected chi connectivity index (χ1v) is 4.20. The summed E-state index contributed by atoms with van der Waals surface area (Å²) in [6.45, 7) is 5.01. The SMILES string of the molecule is CCCNc1cc(N)c(C)cn1. The third-order valence-corrected chi connectivity index (χ3v) is 1.70. The van der Waals surface area contributed by atoms with Gasteiger partial charge in [0.25, 0.3) is 0 Å². The number of rotatable bonds is 3. The summed E-state index contributed by atoms with van der Waals surface area (Å²) in [4.78, 5) is 4.19. The Kier molecular flexibility index (Phi) is 2.91. The number of nitrogens with one attached hydrogen (secondary N) is 1. The fraction of sp³-hybridized carbons (Fsp3) is 0.444. The van der Waals surface area contributed by atoms with Gasteiger partial charge >= 0.3 is 0 Å². The van der Waals surface area contributed by atoms with Gasteiger partial charge in [0.1, 0.15) is 5.82 Å². The first-order valence-electron chi connectivity index (χ1n) is 4.20. The number of aryl methyl sites for hydroxylation is 1. The minimum Gasteiger partial charge on any atom is -0.398 e. The molecular formula is C9H15N3. The quantitative estimate of drug-likeness (QED) is 0.718. The average Bonchev–Trinajstić information content (AvgIpc) is 2.07. The number of nitrogen functional groups attached to an aromatic ring is 1. The number of nitrogens with zero attached hydrogens (tertiary/aromatic N) is 1. The van der Waals surface area contributed by atoms with E-state index in [0.717, 1.165) is 30.0 Å². The Hall–Kier alpha value is -1.25. The van der Waals surface area contributed by atoms with Crippen LogP contribution in [-0.2, 0) is 0 Å². The molecule has 66 valence electrons. The highest BCUT2D eigenvalue weighted by atomic mass is 15.0. The van der Waals surface area contributed by atoms with Crippen molar-refractivity contribution in [2.75, 3.05) is 17.6 Å². The second-order valence-electron chi connectivity index (χ2n) is 2.85. The summed E-state index contributed by atoms with van der Waals surface area (Å²) in [6, 6.07) is 1.87. The summed E-state index contributed by atoms with van der Waals surface area (Å²) in [5.41, 5.74) is 7.53. The molecular weight excluding hydrogens is 150 g/mol. The van der Waals surface area contributed by atoms with Crippen molar-refractivity contribution in [1.82, 2.24) is 4.98 Å². The van der Waals surface area contributed by atoms with Crippen LogP contribution in [0.3, 0.4) is 0 Å². The molecule has 0 bridgehead atoms. The number of nitrogens with two attached hydrogens (primary N) is 1. The molecule has 0 saturated carbocycles. The zero-order valence-corrected chi connectivity index (χ0v) is 7.59. The van der Waals surface area contributed by atoms with Gasteiger partial charge in [-0.25, -0.2) is 4.98 Å². The number of pyridine rings is 1. The lowest BCUT2D eigenvalue weighted by Gasteiger charge is -2.05. The Morgan fingerprint density at radius 2 is 2.33 bits per heavy atom. The van der Waals surface area contributed by atoms with Crippen molar-refractivity contribution < 1.29 is 0 Å². The van der Waals surface area contributed by atoms with E-state index < -0.39 is 0 Å². The average molecular weight is 165 g/mol. The van der Waals surface area contributed by atoms with Crippen molar-refractivity contribution in [2.24, 2.45) is 0 Å². The molecule has 12 heavy (non-hydrogen) atoms. The molecule has 0 aliphatic rings. The van der Waals surface area contributed by atoms with Gasteiger partial charge < -0.3 is 11.1 Å². The van der Waals surface area contributed by atoms with Crippen LogP contribution in [0.2, 0.25) is 0 Å². The van der Waals surface area contributed by atoms with Crippen LogP contribution in [0, 0.1) is 6.92 Å². The standard InChI is InChI=1S/C9H15N3/c1-3-4-11-9-5-8(10)7(2)6-12-9/h5-6H,3-4H2,1-2H3,(H3,10,11,12). The van der Waals surface area contributed by atoms with Crippen LogP contribution in [0.15, 0.2) is 12.3 Å². The van der Waals surface area contributed by atoms with E-state index in [1.54, 1.807) is 6.20 Å². The van der Waals surface area contributed by atoms with Crippen molar-refractivity contribution in [1.29, 1.82) is 0 Å². The van der Waals surface area contributed by atoms with Crippen molar-refractivity contribution in [3.63, 3.8) is 0 Å². The van der Waals surface area contributed by atoms with E-state index in [1.165, 1.54) is 0 Å². The van der Waals surface area contributed by atoms with Crippen LogP contribution < -0.4 is 11.1 Å². The molecule has 0 spiro atoms. The zero-order valence-electron chi connectivity index (χ0n) is 7.59. The van der Waals surface area contributed by atoms with E-state index in [4.69, 9.17) is 5.73 Å². The third-order valence-electron chi connectivity index (χ3n) is 1.70. The van der Waals surface area contributed by atoms with E-state index in [9.17, 15) is 0 Å². The molecule has 3 N–H and O–H groups in total. The highest BCUT2D eigenvalue weighted by molar-refractivity contribution is 5.53. The van der Waals surface area contributed by atoms with Crippen molar-refractivity contribution in [3.8, 4) is 0 Å². The lowest BCUT2D eigenvalue weighted by molar-refractivity contribution is 0.969. The Balaban J connectivity index is 2.69. The minimum absolute atomic E-state index is 0.795. The predicted molar refractivity (Wildman–Crippen MR) is 52.2 cm³/mol. The maximum absolute atomic E-state index is 5.71. The van der Waals surface area contributed by atoms with Crippen molar-refractivity contribution in [2.45, 2.75) is 20.3 Å². The molecule has 0 unspecified atom stereocenters. The van der Waals surface area contributed by atoms with E-state index in [-0.39, 0.29) is 0 Å². The third kappa shape index (κ3) is 2.12. The van der Waals surface area contributed by atoms with Gasteiger partial charge in [-0.3, -0.25) is 0 Å². The van der Waals surface area contributed by atoms with Crippen molar-refractivity contribution in [3.05, 3.63) is 17.8 Å². The Morgan fingerprint density at radius 1 is 1.58 bits per heavy atom. The van der Waals surface area contributed by atoms with Gasteiger partial charge in [-0.1, -0.05) is 6.92 Å². The fourth-order valence-electron chi connectivity index (χ4n) is 0.889. The second-order valence-corrected chi connectivity index (χ2v) is 2.85. The molecule has 0 saturated heterocycles. The highest BCUT2D eigenvalue weighted by Crippen LogP contribution is 2.13. The molecule has 0 aliphatic carbocycles. The molecule has 3 heteroatoms. The molecule has 0 atom stereocenters. The minimum atomic E-state index is 0.795. The first kappa shape index (κ1) is 8.84. The molecule has 1 aromatic rings. The van der Waals surface area contributed by atoms with Crippen LogP contribution in [0.1, 0.15) is 18.9 Å². The van der Waals surface area contributed by atoms with Gasteiger partial charge in [-0.2, -0.15) is 0 Å². The van der Waals surface area contributed by atoms with E-state index in [1.807, 2.05) is 13.0 Å². The summed E-state index contributed by atoms with van der Waals surface area (Å²) in [5, 5.41) is 3.17. The van der Waals surface area contributed by atoms with E-state index in [2.05, 4.69) is 17.2 Å². The predicted octanol–water partition coefficient (Wildman–Crippen LogP) is 1.79. The lowest BCUT2D eigenvalue weighted by Crippen LogP contribution is -2.03. The fourth-order valence-corrected chi connectivity index (χ4v) is 0.889. The van der Waals surface area contributed by atoms with Gasteiger partial charge in [-0.15, -0.1) is 0 Å². The topological polar surface area (TPSA) is 50.9 Å². The van der Waals surface area contributed by atoms with Crippen molar-refractivity contribution >= 4 is 11.5 Å². The molecule has 3 nitrogen and oxygen atoms in total. The number of hydrogen-bond acceptors (Lipinski definition) is 3. The normalized spacial score (nSPS) is 9.83. The lowest BCUT2D eigenvalue weighted by atomic mass is 10.2. The highest BCUT2D eigenvalue weighted by Gasteiger charge is 1.95. The van der Waals surface area contributed by atoms with E-state index >= 15 is 0 Å². The monoisotopic (exact) mass is 165 g/mol. The van der Waals surface area contributed by atoms with Gasteiger partial charge in [0.2, 0.25) is 0 Å². The Bertz CT molecular complexity index is 258. The van der Waals surface area contributed by atoms with Gasteiger partial charge in [0.15, 0.2) is 0 Å². The summed E-state index contributed by atoms with van der Waals surface area (Å²) in [6.07, 6.45) is 2.88. The van der Waals surface area contributed by atoms with Crippen LogP contribution >= 0.6 is 0 Å². The Morgan fingerprint density at radius 3 is 2.92 bits per heavy atom. The largest absolute Gasteiger partial charge is 0.398 e. The number of hydrogen-bond donors (Lipinski definition) is 2. The maximum Gasteiger partial charge on any atom is 0.127 e. The van der Waals surface area contributed by atoms with Crippen LogP contribution in [0.5, 0.6) is 0 Å². The van der Waals surface area contributed by atoms with Crippen LogP contribution in [-0.4, -0.2) is 11.5 Å². The maximum atomic E-state index is 5.71. The van der Waals surface area contributed by atoms with Gasteiger partial charge in [-0.05, 0) is 18.9 Å². The summed E-state index contributed by atoms with van der Waals surface area (Å²) < 4.78 is 0. The van der Waals surface area contributed by atoms with Crippen LogP contribution in [0.25, 0.3) is 0 Å². The molecule has 0 radical (unpaired) electrons. The van der Waals surface area contributed by atoms with Gasteiger partial charge in [0, 0.05) is 24.5 Å². The molecule has 1 aromatic heterocycles. The molecule has 0 aromatic carbocycles. The molecule has 1 rings (SSSR count). The number of aromatic nitrogens is 1. The molecule has 0 amide bonds. The molecule has 0 fully saturated rings. The second kappa shape index (κ2) is 3.95. The van der Waals surface area contributed by atoms with Crippen LogP contribution in [0.4, 0.5) is 11.5 Å². The van der Waals surface area contributed by atoms with E-state index in [0.29, 0.717) is 0 Å². The summed E-state index contributed by atoms with van der Waals surface area (Å²) in [5.74, 6) is 0.861.